The van der Waals surface area contributed by atoms with Crippen LogP contribution in [0.4, 0.5) is 16.3 Å². The Kier molecular flexibility index (Phi) is 5.07. The van der Waals surface area contributed by atoms with Crippen molar-refractivity contribution in [3.63, 3.8) is 0 Å². The van der Waals surface area contributed by atoms with Gasteiger partial charge in [0.05, 0.1) is 17.3 Å². The number of anilines is 2. The molecule has 7 nitrogen and oxygen atoms in total. The molecule has 0 bridgehead atoms. The first-order valence-corrected chi connectivity index (χ1v) is 9.33. The van der Waals surface area contributed by atoms with Crippen molar-refractivity contribution in [2.45, 2.75) is 52.5 Å². The number of carbonyl (C=O) groups is 2. The van der Waals surface area contributed by atoms with Crippen LogP contribution in [0.15, 0.2) is 12.3 Å². The predicted octanol–water partition coefficient (Wildman–Crippen LogP) is 3.10. The molecule has 7 heteroatoms. The lowest BCUT2D eigenvalue weighted by Gasteiger charge is -2.35. The van der Waals surface area contributed by atoms with Gasteiger partial charge in [-0.2, -0.15) is 0 Å². The minimum atomic E-state index is -0.861. The third kappa shape index (κ3) is 3.61. The Morgan fingerprint density at radius 1 is 1.35 bits per heavy atom. The molecule has 2 saturated heterocycles. The van der Waals surface area contributed by atoms with E-state index in [0.29, 0.717) is 24.7 Å². The van der Waals surface area contributed by atoms with Crippen LogP contribution in [-0.4, -0.2) is 52.7 Å². The molecule has 0 saturated carbocycles. The van der Waals surface area contributed by atoms with E-state index in [1.54, 1.807) is 18.0 Å². The molecular formula is C19H28N4O3. The maximum absolute atomic E-state index is 12.5. The standard InChI is InChI=1S/C19H28N4O3/c1-13-10-15(11-20-16(13)23-8-5-4-6-14(23)2)21-18(26)22-9-7-19(3,12-22)17(24)25/h10-11,14H,4-9,12H2,1-3H3,(H,21,26)(H,24,25). The van der Waals surface area contributed by atoms with Crippen LogP contribution in [0.5, 0.6) is 0 Å². The first-order valence-electron chi connectivity index (χ1n) is 9.33. The first-order chi connectivity index (χ1) is 12.3. The highest BCUT2D eigenvalue weighted by Gasteiger charge is 2.42. The molecule has 142 valence electrons. The van der Waals surface area contributed by atoms with E-state index in [-0.39, 0.29) is 12.6 Å². The number of nitrogens with one attached hydrogen (secondary N) is 1. The number of likely N-dealkylation sites (tertiary alicyclic amines) is 1. The van der Waals surface area contributed by atoms with E-state index in [1.807, 2.05) is 13.0 Å². The van der Waals surface area contributed by atoms with Crippen LogP contribution >= 0.6 is 0 Å². The highest BCUT2D eigenvalue weighted by Crippen LogP contribution is 2.31. The quantitative estimate of drug-likeness (QED) is 0.865. The first kappa shape index (κ1) is 18.5. The Morgan fingerprint density at radius 2 is 2.12 bits per heavy atom. The zero-order valence-electron chi connectivity index (χ0n) is 15.8. The van der Waals surface area contributed by atoms with Gasteiger partial charge in [0.15, 0.2) is 0 Å². The Bertz CT molecular complexity index is 708. The molecule has 2 aliphatic rings. The van der Waals surface area contributed by atoms with Crippen molar-refractivity contribution >= 4 is 23.5 Å². The molecule has 3 rings (SSSR count). The Hall–Kier alpha value is -2.31. The SMILES string of the molecule is Cc1cc(NC(=O)N2CCC(C)(C(=O)O)C2)cnc1N1CCCCC1C. The average molecular weight is 360 g/mol. The van der Waals surface area contributed by atoms with Gasteiger partial charge in [0.1, 0.15) is 5.82 Å². The monoisotopic (exact) mass is 360 g/mol. The van der Waals surface area contributed by atoms with Gasteiger partial charge in [0, 0.05) is 25.7 Å². The number of carboxylic acid groups (broad SMARTS) is 1. The summed E-state index contributed by atoms with van der Waals surface area (Å²) in [6, 6.07) is 2.15. The predicted molar refractivity (Wildman–Crippen MR) is 101 cm³/mol. The van der Waals surface area contributed by atoms with Crippen molar-refractivity contribution in [2.24, 2.45) is 5.41 Å². The zero-order chi connectivity index (χ0) is 18.9. The molecule has 26 heavy (non-hydrogen) atoms. The van der Waals surface area contributed by atoms with Gasteiger partial charge in [-0.3, -0.25) is 4.79 Å². The number of piperidine rings is 1. The number of hydrogen-bond acceptors (Lipinski definition) is 4. The second-order valence-corrected chi connectivity index (χ2v) is 7.87. The van der Waals surface area contributed by atoms with E-state index < -0.39 is 11.4 Å². The molecule has 1 aromatic heterocycles. The minimum Gasteiger partial charge on any atom is -0.481 e. The van der Waals surface area contributed by atoms with Crippen LogP contribution in [0, 0.1) is 12.3 Å². The molecule has 2 amide bonds. The van der Waals surface area contributed by atoms with Crippen LogP contribution in [0.2, 0.25) is 0 Å². The van der Waals surface area contributed by atoms with Gasteiger partial charge in [-0.15, -0.1) is 0 Å². The van der Waals surface area contributed by atoms with Crippen molar-refractivity contribution in [1.82, 2.24) is 9.88 Å². The second kappa shape index (κ2) is 7.13. The lowest BCUT2D eigenvalue weighted by atomic mass is 9.90. The van der Waals surface area contributed by atoms with Gasteiger partial charge in [-0.25, -0.2) is 9.78 Å². The molecular weight excluding hydrogens is 332 g/mol. The number of carboxylic acids is 1. The van der Waals surface area contributed by atoms with E-state index in [2.05, 4.69) is 22.1 Å². The summed E-state index contributed by atoms with van der Waals surface area (Å²) in [5, 5.41) is 12.2. The number of aryl methyl sites for hydroxylation is 1. The molecule has 3 heterocycles. The third-order valence-corrected chi connectivity index (χ3v) is 5.65. The van der Waals surface area contributed by atoms with Gasteiger partial charge in [0.25, 0.3) is 0 Å². The molecule has 0 spiro atoms. The van der Waals surface area contributed by atoms with Gasteiger partial charge >= 0.3 is 12.0 Å². The van der Waals surface area contributed by atoms with Crippen molar-refractivity contribution in [1.29, 1.82) is 0 Å². The van der Waals surface area contributed by atoms with Crippen molar-refractivity contribution in [3.8, 4) is 0 Å². The Morgan fingerprint density at radius 3 is 2.73 bits per heavy atom. The maximum Gasteiger partial charge on any atom is 0.321 e. The fourth-order valence-corrected chi connectivity index (χ4v) is 3.86. The maximum atomic E-state index is 12.5. The summed E-state index contributed by atoms with van der Waals surface area (Å²) in [6.45, 7) is 7.61. The van der Waals surface area contributed by atoms with Gasteiger partial charge < -0.3 is 20.2 Å². The number of amides is 2. The smallest absolute Gasteiger partial charge is 0.321 e. The topological polar surface area (TPSA) is 85.8 Å². The average Bonchev–Trinajstić information content (AvgIpc) is 3.00. The van der Waals surface area contributed by atoms with E-state index in [0.717, 1.165) is 17.9 Å². The largest absolute Gasteiger partial charge is 0.481 e. The second-order valence-electron chi connectivity index (χ2n) is 7.87. The minimum absolute atomic E-state index is 0.226. The fourth-order valence-electron chi connectivity index (χ4n) is 3.86. The van der Waals surface area contributed by atoms with Crippen LogP contribution in [-0.2, 0) is 4.79 Å². The molecule has 2 aliphatic heterocycles. The number of aromatic nitrogens is 1. The van der Waals surface area contributed by atoms with Crippen LogP contribution in [0.1, 0.15) is 45.1 Å². The zero-order valence-corrected chi connectivity index (χ0v) is 15.8. The molecule has 2 atom stereocenters. The number of rotatable bonds is 3. The van der Waals surface area contributed by atoms with E-state index in [1.165, 1.54) is 19.3 Å². The van der Waals surface area contributed by atoms with Gasteiger partial charge in [0.2, 0.25) is 0 Å². The van der Waals surface area contributed by atoms with Gasteiger partial charge in [-0.1, -0.05) is 0 Å². The summed E-state index contributed by atoms with van der Waals surface area (Å²) in [7, 11) is 0. The molecule has 1 aromatic rings. The van der Waals surface area contributed by atoms with E-state index in [9.17, 15) is 14.7 Å². The fraction of sp³-hybridized carbons (Fsp3) is 0.632. The number of pyridine rings is 1. The summed E-state index contributed by atoms with van der Waals surface area (Å²) in [6.07, 6.45) is 5.78. The number of carbonyl (C=O) groups excluding carboxylic acids is 1. The summed E-state index contributed by atoms with van der Waals surface area (Å²) in [5.41, 5.74) is 0.818. The molecule has 2 N–H and O–H groups in total. The Balaban J connectivity index is 1.66. The number of hydrogen-bond donors (Lipinski definition) is 2. The van der Waals surface area contributed by atoms with E-state index in [4.69, 9.17) is 0 Å². The highest BCUT2D eigenvalue weighted by atomic mass is 16.4. The third-order valence-electron chi connectivity index (χ3n) is 5.65. The van der Waals surface area contributed by atoms with Crippen LogP contribution in [0.25, 0.3) is 0 Å². The molecule has 0 aliphatic carbocycles. The molecule has 2 unspecified atom stereocenters. The molecule has 0 radical (unpaired) electrons. The Labute approximate surface area is 154 Å². The van der Waals surface area contributed by atoms with E-state index >= 15 is 0 Å². The number of urea groups is 1. The van der Waals surface area contributed by atoms with Crippen LogP contribution < -0.4 is 10.2 Å². The van der Waals surface area contributed by atoms with Crippen molar-refractivity contribution < 1.29 is 14.7 Å². The van der Waals surface area contributed by atoms with Crippen LogP contribution in [0.3, 0.4) is 0 Å². The summed E-state index contributed by atoms with van der Waals surface area (Å²) >= 11 is 0. The summed E-state index contributed by atoms with van der Waals surface area (Å²) in [4.78, 5) is 32.3. The number of nitrogens with zero attached hydrogens (tertiary/aromatic N) is 3. The normalized spacial score (nSPS) is 26.0. The van der Waals surface area contributed by atoms with Crippen molar-refractivity contribution in [3.05, 3.63) is 17.8 Å². The molecule has 0 aromatic carbocycles. The lowest BCUT2D eigenvalue weighted by Crippen LogP contribution is -2.38. The molecule has 2 fully saturated rings. The van der Waals surface area contributed by atoms with Crippen molar-refractivity contribution in [2.75, 3.05) is 29.9 Å². The summed E-state index contributed by atoms with van der Waals surface area (Å²) < 4.78 is 0. The highest BCUT2D eigenvalue weighted by molar-refractivity contribution is 5.90. The lowest BCUT2D eigenvalue weighted by molar-refractivity contribution is -0.146. The number of aliphatic carboxylic acids is 1. The van der Waals surface area contributed by atoms with Gasteiger partial charge in [-0.05, 0) is 58.1 Å². The summed E-state index contributed by atoms with van der Waals surface area (Å²) in [5.74, 6) is 0.125.